The summed E-state index contributed by atoms with van der Waals surface area (Å²) in [4.78, 5) is 42.3. The number of nitro groups is 1. The first kappa shape index (κ1) is 20.5. The van der Waals surface area contributed by atoms with Gasteiger partial charge in [0.1, 0.15) is 5.69 Å². The van der Waals surface area contributed by atoms with Crippen molar-refractivity contribution >= 4 is 51.3 Å². The van der Waals surface area contributed by atoms with Crippen molar-refractivity contribution in [1.82, 2.24) is 15.3 Å². The fourth-order valence-corrected chi connectivity index (χ4v) is 3.87. The zero-order valence-electron chi connectivity index (χ0n) is 16.4. The number of hydrogen-bond donors (Lipinski definition) is 4. The summed E-state index contributed by atoms with van der Waals surface area (Å²) in [7, 11) is 0. The number of imidazole rings is 1. The van der Waals surface area contributed by atoms with Crippen LogP contribution in [0.15, 0.2) is 41.2 Å². The Balaban J connectivity index is 1.47. The fourth-order valence-electron chi connectivity index (χ4n) is 3.66. The van der Waals surface area contributed by atoms with Gasteiger partial charge in [-0.25, -0.2) is 4.79 Å². The van der Waals surface area contributed by atoms with E-state index in [1.165, 1.54) is 6.07 Å². The summed E-state index contributed by atoms with van der Waals surface area (Å²) in [6, 6.07) is 9.52. The monoisotopic (exact) mass is 440 g/mol. The van der Waals surface area contributed by atoms with Crippen molar-refractivity contribution in [3.63, 3.8) is 0 Å². The molecule has 2 heterocycles. The molecule has 1 fully saturated rings. The number of aromatic amines is 2. The van der Waals surface area contributed by atoms with E-state index < -0.39 is 10.8 Å². The molecular weight excluding hydrogens is 420 g/mol. The average Bonchev–Trinajstić information content (AvgIpc) is 3.13. The van der Waals surface area contributed by atoms with E-state index in [0.29, 0.717) is 22.4 Å². The lowest BCUT2D eigenvalue weighted by atomic mass is 10.1. The quantitative estimate of drug-likeness (QED) is 0.278. The highest BCUT2D eigenvalue weighted by atomic mass is 32.1. The molecule has 31 heavy (non-hydrogen) atoms. The molecular formula is C20H20N6O4S. The molecule has 0 atom stereocenters. The zero-order valence-corrected chi connectivity index (χ0v) is 17.3. The highest BCUT2D eigenvalue weighted by molar-refractivity contribution is 7.80. The topological polar surface area (TPSA) is 136 Å². The van der Waals surface area contributed by atoms with Gasteiger partial charge in [0.25, 0.3) is 11.6 Å². The largest absolute Gasteiger partial charge is 0.366 e. The van der Waals surface area contributed by atoms with Crippen LogP contribution in [0.2, 0.25) is 0 Å². The van der Waals surface area contributed by atoms with E-state index >= 15 is 0 Å². The van der Waals surface area contributed by atoms with Crippen molar-refractivity contribution in [3.05, 3.63) is 62.6 Å². The second kappa shape index (κ2) is 8.56. The number of anilines is 2. The molecule has 0 spiro atoms. The smallest absolute Gasteiger partial charge is 0.323 e. The van der Waals surface area contributed by atoms with Crippen LogP contribution in [0.5, 0.6) is 0 Å². The number of aromatic nitrogens is 2. The van der Waals surface area contributed by atoms with Gasteiger partial charge in [-0.15, -0.1) is 0 Å². The van der Waals surface area contributed by atoms with Gasteiger partial charge in [-0.1, -0.05) is 0 Å². The third-order valence-electron chi connectivity index (χ3n) is 5.13. The number of nitrogens with zero attached hydrogens (tertiary/aromatic N) is 2. The zero-order chi connectivity index (χ0) is 22.0. The van der Waals surface area contributed by atoms with Gasteiger partial charge in [0.05, 0.1) is 16.0 Å². The molecule has 10 nitrogen and oxygen atoms in total. The Morgan fingerprint density at radius 1 is 1.06 bits per heavy atom. The van der Waals surface area contributed by atoms with Crippen molar-refractivity contribution in [2.45, 2.75) is 19.3 Å². The lowest BCUT2D eigenvalue weighted by Gasteiger charge is -2.28. The molecule has 11 heteroatoms. The van der Waals surface area contributed by atoms with Crippen LogP contribution in [0.3, 0.4) is 0 Å². The summed E-state index contributed by atoms with van der Waals surface area (Å²) in [6.07, 6.45) is 3.09. The summed E-state index contributed by atoms with van der Waals surface area (Å²) < 4.78 is 0. The maximum atomic E-state index is 12.6. The Hall–Kier alpha value is -3.73. The van der Waals surface area contributed by atoms with Crippen molar-refractivity contribution < 1.29 is 9.72 Å². The van der Waals surface area contributed by atoms with Crippen LogP contribution in [-0.4, -0.2) is 39.0 Å². The van der Waals surface area contributed by atoms with Crippen molar-refractivity contribution in [1.29, 1.82) is 0 Å². The highest BCUT2D eigenvalue weighted by Crippen LogP contribution is 2.31. The lowest BCUT2D eigenvalue weighted by molar-refractivity contribution is -0.384. The first-order valence-electron chi connectivity index (χ1n) is 9.78. The number of nitrogens with one attached hydrogen (secondary N) is 4. The Morgan fingerprint density at radius 2 is 1.81 bits per heavy atom. The third kappa shape index (κ3) is 4.56. The molecule has 2 aromatic carbocycles. The van der Waals surface area contributed by atoms with Gasteiger partial charge >= 0.3 is 5.69 Å². The number of carbonyl (C=O) groups excluding carboxylic acids is 1. The second-order valence-electron chi connectivity index (χ2n) is 7.26. The molecule has 3 aromatic rings. The Morgan fingerprint density at radius 3 is 2.55 bits per heavy atom. The van der Waals surface area contributed by atoms with Gasteiger partial charge in [0.15, 0.2) is 5.11 Å². The molecule has 0 saturated carbocycles. The maximum Gasteiger partial charge on any atom is 0.323 e. The highest BCUT2D eigenvalue weighted by Gasteiger charge is 2.23. The maximum absolute atomic E-state index is 12.6. The molecule has 1 aliphatic heterocycles. The molecule has 1 amide bonds. The van der Waals surface area contributed by atoms with Gasteiger partial charge in [-0.05, 0) is 61.8 Å². The molecule has 4 N–H and O–H groups in total. The Kier molecular flexibility index (Phi) is 5.67. The number of rotatable bonds is 4. The minimum absolute atomic E-state index is 0.0324. The number of hydrogen-bond acceptors (Lipinski definition) is 6. The van der Waals surface area contributed by atoms with E-state index in [1.807, 2.05) is 4.90 Å². The first-order valence-corrected chi connectivity index (χ1v) is 10.2. The van der Waals surface area contributed by atoms with Gasteiger partial charge < -0.3 is 20.2 Å². The normalized spacial score (nSPS) is 13.7. The molecule has 160 valence electrons. The molecule has 1 saturated heterocycles. The molecule has 0 unspecified atom stereocenters. The van der Waals surface area contributed by atoms with E-state index in [1.54, 1.807) is 30.3 Å². The summed E-state index contributed by atoms with van der Waals surface area (Å²) in [6.45, 7) is 1.52. The van der Waals surface area contributed by atoms with Crippen LogP contribution in [0.1, 0.15) is 29.6 Å². The number of thiocarbonyl (C=S) groups is 1. The van der Waals surface area contributed by atoms with Crippen molar-refractivity contribution in [2.75, 3.05) is 23.3 Å². The lowest BCUT2D eigenvalue weighted by Crippen LogP contribution is -2.34. The van der Waals surface area contributed by atoms with Crippen LogP contribution >= 0.6 is 12.2 Å². The molecule has 4 rings (SSSR count). The predicted molar refractivity (Wildman–Crippen MR) is 122 cm³/mol. The van der Waals surface area contributed by atoms with Gasteiger partial charge in [0, 0.05) is 30.4 Å². The molecule has 1 aliphatic rings. The van der Waals surface area contributed by atoms with E-state index in [2.05, 4.69) is 20.6 Å². The van der Waals surface area contributed by atoms with E-state index in [0.717, 1.165) is 32.4 Å². The van der Waals surface area contributed by atoms with Crippen LogP contribution in [0.25, 0.3) is 11.0 Å². The van der Waals surface area contributed by atoms with E-state index in [-0.39, 0.29) is 22.1 Å². The van der Waals surface area contributed by atoms with Crippen molar-refractivity contribution in [3.8, 4) is 0 Å². The fraction of sp³-hybridized carbons (Fsp3) is 0.250. The predicted octanol–water partition coefficient (Wildman–Crippen LogP) is 2.88. The van der Waals surface area contributed by atoms with Crippen LogP contribution in [-0.2, 0) is 0 Å². The minimum atomic E-state index is -0.554. The first-order chi connectivity index (χ1) is 14.9. The Bertz CT molecular complexity index is 1230. The number of H-pyrrole nitrogens is 2. The van der Waals surface area contributed by atoms with Crippen LogP contribution < -0.4 is 21.2 Å². The SMILES string of the molecule is O=C(NC(=S)Nc1ccc2[nH]c(=O)[nH]c2c1)c1ccc(N2CCCCC2)c([N+](=O)[O-])c1. The molecule has 0 aliphatic carbocycles. The van der Waals surface area contributed by atoms with Gasteiger partial charge in [-0.2, -0.15) is 0 Å². The summed E-state index contributed by atoms with van der Waals surface area (Å²) >= 11 is 5.19. The minimum Gasteiger partial charge on any atom is -0.366 e. The molecule has 1 aromatic heterocycles. The van der Waals surface area contributed by atoms with Crippen LogP contribution in [0, 0.1) is 10.1 Å². The number of fused-ring (bicyclic) bond motifs is 1. The molecule has 0 bridgehead atoms. The van der Waals surface area contributed by atoms with Crippen LogP contribution in [0.4, 0.5) is 17.1 Å². The second-order valence-corrected chi connectivity index (χ2v) is 7.66. The van der Waals surface area contributed by atoms with Gasteiger partial charge in [-0.3, -0.25) is 20.2 Å². The Labute approximate surface area is 181 Å². The third-order valence-corrected chi connectivity index (χ3v) is 5.34. The number of piperidine rings is 1. The average molecular weight is 440 g/mol. The van der Waals surface area contributed by atoms with Crippen molar-refractivity contribution in [2.24, 2.45) is 0 Å². The number of carbonyl (C=O) groups is 1. The number of benzene rings is 2. The van der Waals surface area contributed by atoms with E-state index in [9.17, 15) is 19.7 Å². The summed E-state index contributed by atoms with van der Waals surface area (Å²) in [5, 5.41) is 17.0. The van der Waals surface area contributed by atoms with Gasteiger partial charge in [0.2, 0.25) is 0 Å². The van der Waals surface area contributed by atoms with E-state index in [4.69, 9.17) is 12.2 Å². The summed E-state index contributed by atoms with van der Waals surface area (Å²) in [5.74, 6) is -0.554. The number of nitro benzene ring substituents is 1. The number of amides is 1. The molecule has 0 radical (unpaired) electrons. The standard InChI is InChI=1S/C20H20N6O4S/c27-18(24-20(31)21-13-5-6-14-15(11-13)23-19(28)22-14)12-4-7-16(17(10-12)26(29)30)25-8-2-1-3-9-25/h4-7,10-11H,1-3,8-9H2,(H2,22,23,28)(H2,21,24,27,31). The summed E-state index contributed by atoms with van der Waals surface area (Å²) in [5.41, 5.74) is 2.05.